The SMILES string of the molecule is COc1ccc(C#CC(=O)c2ccco2)cc1. The molecule has 1 heterocycles. The number of carbonyl (C=O) groups excluding carboxylic acids is 1. The molecular formula is C14H10O3. The van der Waals surface area contributed by atoms with E-state index in [-0.39, 0.29) is 11.5 Å². The van der Waals surface area contributed by atoms with Gasteiger partial charge in [0.1, 0.15) is 5.75 Å². The molecule has 0 N–H and O–H groups in total. The van der Waals surface area contributed by atoms with Crippen LogP contribution in [0, 0.1) is 11.8 Å². The van der Waals surface area contributed by atoms with Gasteiger partial charge in [-0.2, -0.15) is 0 Å². The first-order valence-corrected chi connectivity index (χ1v) is 5.03. The number of methoxy groups -OCH3 is 1. The molecule has 0 aliphatic carbocycles. The first-order chi connectivity index (χ1) is 8.29. The average molecular weight is 226 g/mol. The van der Waals surface area contributed by atoms with E-state index < -0.39 is 0 Å². The molecule has 0 saturated carbocycles. The summed E-state index contributed by atoms with van der Waals surface area (Å²) in [5.74, 6) is 5.97. The molecule has 0 unspecified atom stereocenters. The minimum atomic E-state index is -0.328. The highest BCUT2D eigenvalue weighted by molar-refractivity contribution is 6.07. The van der Waals surface area contributed by atoms with Crippen LogP contribution in [0.15, 0.2) is 47.1 Å². The Morgan fingerprint density at radius 1 is 1.24 bits per heavy atom. The summed E-state index contributed by atoms with van der Waals surface area (Å²) in [6.07, 6.45) is 1.45. The molecule has 0 amide bonds. The number of benzene rings is 1. The summed E-state index contributed by atoms with van der Waals surface area (Å²) in [4.78, 5) is 11.5. The van der Waals surface area contributed by atoms with Crippen molar-refractivity contribution in [2.75, 3.05) is 7.11 Å². The zero-order chi connectivity index (χ0) is 12.1. The van der Waals surface area contributed by atoms with Gasteiger partial charge in [-0.15, -0.1) is 0 Å². The van der Waals surface area contributed by atoms with Crippen LogP contribution in [-0.4, -0.2) is 12.9 Å². The van der Waals surface area contributed by atoms with Gasteiger partial charge in [0.05, 0.1) is 13.4 Å². The van der Waals surface area contributed by atoms with Crippen molar-refractivity contribution in [1.29, 1.82) is 0 Å². The van der Waals surface area contributed by atoms with Crippen molar-refractivity contribution < 1.29 is 13.9 Å². The topological polar surface area (TPSA) is 39.4 Å². The van der Waals surface area contributed by atoms with E-state index in [1.165, 1.54) is 6.26 Å². The Morgan fingerprint density at radius 3 is 2.59 bits per heavy atom. The van der Waals surface area contributed by atoms with Crippen LogP contribution in [0.4, 0.5) is 0 Å². The Hall–Kier alpha value is -2.47. The first-order valence-electron chi connectivity index (χ1n) is 5.03. The number of hydrogen-bond acceptors (Lipinski definition) is 3. The van der Waals surface area contributed by atoms with Crippen LogP contribution in [0.3, 0.4) is 0 Å². The van der Waals surface area contributed by atoms with E-state index in [0.717, 1.165) is 11.3 Å². The summed E-state index contributed by atoms with van der Waals surface area (Å²) in [6, 6.07) is 10.4. The van der Waals surface area contributed by atoms with Gasteiger partial charge in [0.2, 0.25) is 0 Å². The van der Waals surface area contributed by atoms with Crippen molar-refractivity contribution in [1.82, 2.24) is 0 Å². The standard InChI is InChI=1S/C14H10O3/c1-16-12-7-4-11(5-8-12)6-9-13(15)14-3-2-10-17-14/h2-5,7-8,10H,1H3. The highest BCUT2D eigenvalue weighted by Crippen LogP contribution is 2.10. The molecule has 3 nitrogen and oxygen atoms in total. The Balaban J connectivity index is 2.13. The summed E-state index contributed by atoms with van der Waals surface area (Å²) in [5, 5.41) is 0. The zero-order valence-electron chi connectivity index (χ0n) is 9.27. The molecule has 0 fully saturated rings. The van der Waals surface area contributed by atoms with Crippen LogP contribution in [0.1, 0.15) is 16.1 Å². The van der Waals surface area contributed by atoms with E-state index in [1.807, 2.05) is 0 Å². The van der Waals surface area contributed by atoms with Crippen LogP contribution in [0.2, 0.25) is 0 Å². The van der Waals surface area contributed by atoms with Crippen molar-refractivity contribution in [2.24, 2.45) is 0 Å². The third-order valence-electron chi connectivity index (χ3n) is 2.16. The second-order valence-corrected chi connectivity index (χ2v) is 3.28. The van der Waals surface area contributed by atoms with Gasteiger partial charge in [-0.25, -0.2) is 0 Å². The highest BCUT2D eigenvalue weighted by Gasteiger charge is 2.03. The van der Waals surface area contributed by atoms with Gasteiger partial charge in [0, 0.05) is 5.56 Å². The van der Waals surface area contributed by atoms with Crippen LogP contribution in [-0.2, 0) is 0 Å². The third-order valence-corrected chi connectivity index (χ3v) is 2.16. The van der Waals surface area contributed by atoms with Gasteiger partial charge in [0.25, 0.3) is 5.78 Å². The molecule has 0 bridgehead atoms. The molecular weight excluding hydrogens is 216 g/mol. The van der Waals surface area contributed by atoms with Crippen molar-refractivity contribution >= 4 is 5.78 Å². The van der Waals surface area contributed by atoms with Crippen LogP contribution in [0.5, 0.6) is 5.75 Å². The largest absolute Gasteiger partial charge is 0.497 e. The highest BCUT2D eigenvalue weighted by atomic mass is 16.5. The number of furan rings is 1. The summed E-state index contributed by atoms with van der Waals surface area (Å²) >= 11 is 0. The van der Waals surface area contributed by atoms with Crippen molar-refractivity contribution in [3.8, 4) is 17.6 Å². The lowest BCUT2D eigenvalue weighted by Gasteiger charge is -1.97. The first kappa shape index (κ1) is 11.0. The number of ketones is 1. The lowest BCUT2D eigenvalue weighted by atomic mass is 10.2. The molecule has 84 valence electrons. The van der Waals surface area contributed by atoms with Crippen molar-refractivity contribution in [3.63, 3.8) is 0 Å². The number of rotatable bonds is 2. The van der Waals surface area contributed by atoms with E-state index in [4.69, 9.17) is 9.15 Å². The van der Waals surface area contributed by atoms with Crippen LogP contribution in [0.25, 0.3) is 0 Å². The van der Waals surface area contributed by atoms with Crippen molar-refractivity contribution in [2.45, 2.75) is 0 Å². The Labute approximate surface area is 99.0 Å². The van der Waals surface area contributed by atoms with E-state index in [2.05, 4.69) is 11.8 Å². The minimum Gasteiger partial charge on any atom is -0.497 e. The molecule has 0 spiro atoms. The number of ether oxygens (including phenoxy) is 1. The summed E-state index contributed by atoms with van der Waals surface area (Å²) in [5.41, 5.74) is 0.755. The predicted molar refractivity (Wildman–Crippen MR) is 62.9 cm³/mol. The lowest BCUT2D eigenvalue weighted by Crippen LogP contribution is -1.91. The van der Waals surface area contributed by atoms with Crippen LogP contribution >= 0.6 is 0 Å². The predicted octanol–water partition coefficient (Wildman–Crippen LogP) is 2.52. The monoisotopic (exact) mass is 226 g/mol. The summed E-state index contributed by atoms with van der Waals surface area (Å²) in [6.45, 7) is 0. The second-order valence-electron chi connectivity index (χ2n) is 3.28. The van der Waals surface area contributed by atoms with Gasteiger partial charge in [-0.3, -0.25) is 4.79 Å². The Morgan fingerprint density at radius 2 is 2.00 bits per heavy atom. The second kappa shape index (κ2) is 5.04. The molecule has 3 heteroatoms. The fourth-order valence-electron chi connectivity index (χ4n) is 1.27. The smallest absolute Gasteiger partial charge is 0.271 e. The molecule has 1 aromatic carbocycles. The fourth-order valence-corrected chi connectivity index (χ4v) is 1.27. The lowest BCUT2D eigenvalue weighted by molar-refractivity contribution is 0.103. The quantitative estimate of drug-likeness (QED) is 0.583. The van der Waals surface area contributed by atoms with E-state index in [0.29, 0.717) is 0 Å². The molecule has 1 aromatic heterocycles. The van der Waals surface area contributed by atoms with Crippen molar-refractivity contribution in [3.05, 3.63) is 54.0 Å². The zero-order valence-corrected chi connectivity index (χ0v) is 9.27. The maximum Gasteiger partial charge on any atom is 0.271 e. The maximum absolute atomic E-state index is 11.5. The van der Waals surface area contributed by atoms with Gasteiger partial charge < -0.3 is 9.15 Å². The molecule has 2 aromatic rings. The fraction of sp³-hybridized carbons (Fsp3) is 0.0714. The minimum absolute atomic E-state index is 0.256. The van der Waals surface area contributed by atoms with E-state index >= 15 is 0 Å². The van der Waals surface area contributed by atoms with E-state index in [9.17, 15) is 4.79 Å². The number of hydrogen-bond donors (Lipinski definition) is 0. The summed E-state index contributed by atoms with van der Waals surface area (Å²) in [7, 11) is 1.60. The molecule has 0 atom stereocenters. The van der Waals surface area contributed by atoms with E-state index in [1.54, 1.807) is 43.5 Å². The van der Waals surface area contributed by atoms with Gasteiger partial charge in [-0.05, 0) is 42.3 Å². The number of carbonyl (C=O) groups is 1. The van der Waals surface area contributed by atoms with Crippen LogP contribution < -0.4 is 4.74 Å². The van der Waals surface area contributed by atoms with Gasteiger partial charge in [0.15, 0.2) is 5.76 Å². The van der Waals surface area contributed by atoms with Gasteiger partial charge in [-0.1, -0.05) is 5.92 Å². The Bertz CT molecular complexity index is 554. The normalized spacial score (nSPS) is 9.24. The molecule has 0 aliphatic rings. The molecule has 17 heavy (non-hydrogen) atoms. The molecule has 0 aliphatic heterocycles. The van der Waals surface area contributed by atoms with Gasteiger partial charge >= 0.3 is 0 Å². The summed E-state index contributed by atoms with van der Waals surface area (Å²) < 4.78 is 9.97. The Kier molecular flexibility index (Phi) is 3.27. The maximum atomic E-state index is 11.5. The molecule has 0 saturated heterocycles. The number of Topliss-reactive ketones (excluding diaryl/α,β-unsaturated/α-hetero) is 1. The third kappa shape index (κ3) is 2.76. The molecule has 0 radical (unpaired) electrons. The average Bonchev–Trinajstić information content (AvgIpc) is 2.90. The molecule has 2 rings (SSSR count).